The largest absolute Gasteiger partial charge is 0.478 e. The van der Waals surface area contributed by atoms with Crippen molar-refractivity contribution in [1.29, 1.82) is 0 Å². The van der Waals surface area contributed by atoms with Gasteiger partial charge in [-0.15, -0.1) is 0 Å². The molecular formula is C10H11NO2. The SMILES string of the molecule is Nc1c(C(=O)O)ccc2c1CCC2. The molecule has 13 heavy (non-hydrogen) atoms. The normalized spacial score (nSPS) is 14.2. The van der Waals surface area contributed by atoms with E-state index in [4.69, 9.17) is 10.8 Å². The highest BCUT2D eigenvalue weighted by atomic mass is 16.4. The second-order valence-corrected chi connectivity index (χ2v) is 3.32. The number of hydrogen-bond donors (Lipinski definition) is 2. The summed E-state index contributed by atoms with van der Waals surface area (Å²) in [6.45, 7) is 0. The highest BCUT2D eigenvalue weighted by Gasteiger charge is 2.18. The third kappa shape index (κ3) is 1.16. The highest BCUT2D eigenvalue weighted by Crippen LogP contribution is 2.29. The van der Waals surface area contributed by atoms with Crippen molar-refractivity contribution in [3.8, 4) is 0 Å². The molecule has 0 unspecified atom stereocenters. The van der Waals surface area contributed by atoms with E-state index < -0.39 is 5.97 Å². The van der Waals surface area contributed by atoms with Crippen molar-refractivity contribution in [3.63, 3.8) is 0 Å². The van der Waals surface area contributed by atoms with Crippen molar-refractivity contribution in [1.82, 2.24) is 0 Å². The van der Waals surface area contributed by atoms with E-state index in [0.29, 0.717) is 5.69 Å². The van der Waals surface area contributed by atoms with Crippen LogP contribution in [0.3, 0.4) is 0 Å². The van der Waals surface area contributed by atoms with Crippen molar-refractivity contribution in [2.75, 3.05) is 5.73 Å². The Balaban J connectivity index is 2.59. The van der Waals surface area contributed by atoms with Crippen LogP contribution in [0.1, 0.15) is 27.9 Å². The number of benzene rings is 1. The van der Waals surface area contributed by atoms with Crippen LogP contribution < -0.4 is 5.73 Å². The molecule has 0 saturated carbocycles. The lowest BCUT2D eigenvalue weighted by Crippen LogP contribution is -2.05. The average molecular weight is 177 g/mol. The Hall–Kier alpha value is -1.51. The van der Waals surface area contributed by atoms with Crippen LogP contribution in [-0.4, -0.2) is 11.1 Å². The molecule has 0 fully saturated rings. The number of carboxylic acids is 1. The van der Waals surface area contributed by atoms with Gasteiger partial charge in [-0.05, 0) is 36.5 Å². The maximum atomic E-state index is 10.7. The summed E-state index contributed by atoms with van der Waals surface area (Å²) in [5, 5.41) is 8.82. The van der Waals surface area contributed by atoms with Gasteiger partial charge in [0.2, 0.25) is 0 Å². The smallest absolute Gasteiger partial charge is 0.337 e. The zero-order valence-corrected chi connectivity index (χ0v) is 7.21. The minimum absolute atomic E-state index is 0.237. The van der Waals surface area contributed by atoms with Crippen LogP contribution in [-0.2, 0) is 12.8 Å². The number of nitrogen functional groups attached to an aromatic ring is 1. The standard InChI is InChI=1S/C10H11NO2/c11-9-7-3-1-2-6(7)4-5-8(9)10(12)13/h4-5H,1-3,11H2,(H,12,13). The van der Waals surface area contributed by atoms with Crippen molar-refractivity contribution in [3.05, 3.63) is 28.8 Å². The van der Waals surface area contributed by atoms with Gasteiger partial charge in [-0.25, -0.2) is 4.79 Å². The summed E-state index contributed by atoms with van der Waals surface area (Å²) in [6.07, 6.45) is 3.03. The molecule has 0 amide bonds. The number of carboxylic acid groups (broad SMARTS) is 1. The van der Waals surface area contributed by atoms with Gasteiger partial charge in [-0.3, -0.25) is 0 Å². The highest BCUT2D eigenvalue weighted by molar-refractivity contribution is 5.94. The molecule has 0 atom stereocenters. The third-order valence-electron chi connectivity index (χ3n) is 2.56. The first-order valence-corrected chi connectivity index (χ1v) is 4.33. The lowest BCUT2D eigenvalue weighted by Gasteiger charge is -2.06. The summed E-state index contributed by atoms with van der Waals surface area (Å²) in [5.41, 5.74) is 8.70. The second kappa shape index (κ2) is 2.76. The van der Waals surface area contributed by atoms with Crippen molar-refractivity contribution in [2.45, 2.75) is 19.3 Å². The Bertz CT molecular complexity index is 371. The maximum Gasteiger partial charge on any atom is 0.337 e. The third-order valence-corrected chi connectivity index (χ3v) is 2.56. The summed E-state index contributed by atoms with van der Waals surface area (Å²) in [5.74, 6) is -0.938. The fourth-order valence-electron chi connectivity index (χ4n) is 1.88. The van der Waals surface area contributed by atoms with Gasteiger partial charge >= 0.3 is 5.97 Å². The van der Waals surface area contributed by atoms with E-state index in [2.05, 4.69) is 0 Å². The number of anilines is 1. The summed E-state index contributed by atoms with van der Waals surface area (Å²) in [6, 6.07) is 3.48. The van der Waals surface area contributed by atoms with Gasteiger partial charge in [0.15, 0.2) is 0 Å². The molecule has 1 aliphatic rings. The lowest BCUT2D eigenvalue weighted by atomic mass is 10.0. The Labute approximate surface area is 76.2 Å². The monoisotopic (exact) mass is 177 g/mol. The van der Waals surface area contributed by atoms with Crippen molar-refractivity contribution in [2.24, 2.45) is 0 Å². The molecule has 0 aliphatic heterocycles. The molecule has 0 saturated heterocycles. The average Bonchev–Trinajstić information content (AvgIpc) is 2.52. The summed E-state index contributed by atoms with van der Waals surface area (Å²) >= 11 is 0. The van der Waals surface area contributed by atoms with Crippen LogP contribution >= 0.6 is 0 Å². The summed E-state index contributed by atoms with van der Waals surface area (Å²) in [4.78, 5) is 10.7. The Morgan fingerprint density at radius 2 is 2.15 bits per heavy atom. The Morgan fingerprint density at radius 1 is 1.38 bits per heavy atom. The molecule has 0 heterocycles. The fourth-order valence-corrected chi connectivity index (χ4v) is 1.88. The quantitative estimate of drug-likeness (QED) is 0.638. The van der Waals surface area contributed by atoms with Crippen molar-refractivity contribution < 1.29 is 9.90 Å². The van der Waals surface area contributed by atoms with Gasteiger partial charge in [0, 0.05) is 5.69 Å². The number of aromatic carboxylic acids is 1. The van der Waals surface area contributed by atoms with Crippen LogP contribution in [0, 0.1) is 0 Å². The first-order chi connectivity index (χ1) is 6.20. The molecule has 2 rings (SSSR count). The predicted molar refractivity (Wildman–Crippen MR) is 49.8 cm³/mol. The maximum absolute atomic E-state index is 10.7. The van der Waals surface area contributed by atoms with E-state index >= 15 is 0 Å². The van der Waals surface area contributed by atoms with Gasteiger partial charge in [-0.2, -0.15) is 0 Å². The van der Waals surface area contributed by atoms with E-state index in [9.17, 15) is 4.79 Å². The molecule has 0 aromatic heterocycles. The molecule has 0 radical (unpaired) electrons. The summed E-state index contributed by atoms with van der Waals surface area (Å²) in [7, 11) is 0. The van der Waals surface area contributed by atoms with Crippen LogP contribution in [0.2, 0.25) is 0 Å². The zero-order chi connectivity index (χ0) is 9.42. The van der Waals surface area contributed by atoms with Gasteiger partial charge < -0.3 is 10.8 Å². The molecule has 68 valence electrons. The molecule has 1 aliphatic carbocycles. The van der Waals surface area contributed by atoms with Crippen LogP contribution in [0.25, 0.3) is 0 Å². The minimum Gasteiger partial charge on any atom is -0.478 e. The number of nitrogens with two attached hydrogens (primary N) is 1. The molecule has 3 nitrogen and oxygen atoms in total. The van der Waals surface area contributed by atoms with Gasteiger partial charge in [0.05, 0.1) is 5.56 Å². The van der Waals surface area contributed by atoms with Gasteiger partial charge in [0.1, 0.15) is 0 Å². The molecule has 0 bridgehead atoms. The molecule has 1 aromatic carbocycles. The van der Waals surface area contributed by atoms with Gasteiger partial charge in [0.25, 0.3) is 0 Å². The lowest BCUT2D eigenvalue weighted by molar-refractivity contribution is 0.0698. The van der Waals surface area contributed by atoms with Crippen molar-refractivity contribution >= 4 is 11.7 Å². The molecule has 3 heteroatoms. The molecule has 3 N–H and O–H groups in total. The zero-order valence-electron chi connectivity index (χ0n) is 7.21. The number of fused-ring (bicyclic) bond motifs is 1. The minimum atomic E-state index is -0.938. The fraction of sp³-hybridized carbons (Fsp3) is 0.300. The summed E-state index contributed by atoms with van der Waals surface area (Å²) < 4.78 is 0. The van der Waals surface area contributed by atoms with E-state index in [1.165, 1.54) is 5.56 Å². The Kier molecular flexibility index (Phi) is 1.72. The molecular weight excluding hydrogens is 166 g/mol. The second-order valence-electron chi connectivity index (χ2n) is 3.32. The van der Waals surface area contributed by atoms with Gasteiger partial charge in [-0.1, -0.05) is 6.07 Å². The van der Waals surface area contributed by atoms with Crippen LogP contribution in [0.4, 0.5) is 5.69 Å². The van der Waals surface area contributed by atoms with E-state index in [1.807, 2.05) is 6.07 Å². The number of rotatable bonds is 1. The first-order valence-electron chi connectivity index (χ1n) is 4.33. The molecule has 0 spiro atoms. The van der Waals surface area contributed by atoms with E-state index in [0.717, 1.165) is 24.8 Å². The van der Waals surface area contributed by atoms with Crippen LogP contribution in [0.5, 0.6) is 0 Å². The topological polar surface area (TPSA) is 63.3 Å². The van der Waals surface area contributed by atoms with E-state index in [-0.39, 0.29) is 5.56 Å². The number of carbonyl (C=O) groups is 1. The first kappa shape index (κ1) is 8.10. The number of aryl methyl sites for hydroxylation is 1. The van der Waals surface area contributed by atoms with E-state index in [1.54, 1.807) is 6.07 Å². The predicted octanol–water partition coefficient (Wildman–Crippen LogP) is 1.46. The Morgan fingerprint density at radius 3 is 2.85 bits per heavy atom. The molecule has 1 aromatic rings. The van der Waals surface area contributed by atoms with Crippen LogP contribution in [0.15, 0.2) is 12.1 Å². The number of hydrogen-bond acceptors (Lipinski definition) is 2.